The van der Waals surface area contributed by atoms with E-state index in [0.717, 1.165) is 5.56 Å². The van der Waals surface area contributed by atoms with Crippen molar-refractivity contribution in [2.24, 2.45) is 0 Å². The van der Waals surface area contributed by atoms with Crippen molar-refractivity contribution >= 4 is 10.8 Å². The van der Waals surface area contributed by atoms with E-state index >= 15 is 0 Å². The van der Waals surface area contributed by atoms with Gasteiger partial charge in [-0.3, -0.25) is 4.21 Å². The molecule has 0 fully saturated rings. The van der Waals surface area contributed by atoms with Crippen LogP contribution in [0.3, 0.4) is 0 Å². The van der Waals surface area contributed by atoms with Crippen molar-refractivity contribution in [1.29, 1.82) is 0 Å². The molecule has 1 aromatic carbocycles. The van der Waals surface area contributed by atoms with Crippen molar-refractivity contribution in [1.82, 2.24) is 0 Å². The molecule has 0 spiro atoms. The van der Waals surface area contributed by atoms with E-state index in [-0.39, 0.29) is 4.90 Å². The number of aryl methyl sites for hydroxylation is 1. The van der Waals surface area contributed by atoms with Crippen molar-refractivity contribution in [3.63, 3.8) is 0 Å². The van der Waals surface area contributed by atoms with Gasteiger partial charge in [0.25, 0.3) is 0 Å². The quantitative estimate of drug-likeness (QED) is 0.893. The summed E-state index contributed by atoms with van der Waals surface area (Å²) in [4.78, 5) is 0.286. The first-order valence-corrected chi connectivity index (χ1v) is 5.82. The molecule has 1 aromatic rings. The Morgan fingerprint density at radius 3 is 2.25 bits per heavy atom. The largest absolute Gasteiger partial charge is 0.415 e. The molecule has 6 heteroatoms. The van der Waals surface area contributed by atoms with Gasteiger partial charge >= 0.3 is 6.18 Å². The molecule has 0 bridgehead atoms. The number of alkyl halides is 3. The van der Waals surface area contributed by atoms with E-state index in [1.165, 1.54) is 12.1 Å². The third-order valence-electron chi connectivity index (χ3n) is 1.97. The Kier molecular flexibility index (Phi) is 4.09. The topological polar surface area (TPSA) is 37.3 Å². The van der Waals surface area contributed by atoms with Crippen LogP contribution in [-0.4, -0.2) is 27.3 Å². The summed E-state index contributed by atoms with van der Waals surface area (Å²) in [7, 11) is -1.84. The zero-order valence-corrected chi connectivity index (χ0v) is 9.31. The third-order valence-corrected chi connectivity index (χ3v) is 3.39. The summed E-state index contributed by atoms with van der Waals surface area (Å²) < 4.78 is 47.5. The smallest absolute Gasteiger partial charge is 0.383 e. The highest BCUT2D eigenvalue weighted by molar-refractivity contribution is 7.85. The van der Waals surface area contributed by atoms with Gasteiger partial charge in [-0.1, -0.05) is 17.7 Å². The van der Waals surface area contributed by atoms with Gasteiger partial charge in [0.15, 0.2) is 6.10 Å². The van der Waals surface area contributed by atoms with Crippen molar-refractivity contribution in [2.75, 3.05) is 5.75 Å². The van der Waals surface area contributed by atoms with Gasteiger partial charge in [-0.2, -0.15) is 13.2 Å². The summed E-state index contributed by atoms with van der Waals surface area (Å²) in [6.07, 6.45) is -7.27. The molecule has 2 nitrogen and oxygen atoms in total. The van der Waals surface area contributed by atoms with Crippen molar-refractivity contribution in [3.05, 3.63) is 29.8 Å². The molecule has 0 unspecified atom stereocenters. The minimum Gasteiger partial charge on any atom is -0.383 e. The van der Waals surface area contributed by atoms with Crippen molar-refractivity contribution in [2.45, 2.75) is 24.1 Å². The lowest BCUT2D eigenvalue weighted by Crippen LogP contribution is -2.33. The van der Waals surface area contributed by atoms with Crippen molar-refractivity contribution < 1.29 is 22.5 Å². The molecule has 1 N–H and O–H groups in total. The van der Waals surface area contributed by atoms with Crippen LogP contribution in [0.1, 0.15) is 5.56 Å². The Balaban J connectivity index is 2.70. The Morgan fingerprint density at radius 1 is 1.31 bits per heavy atom. The summed E-state index contributed by atoms with van der Waals surface area (Å²) >= 11 is 0. The highest BCUT2D eigenvalue weighted by atomic mass is 32.2. The molecule has 90 valence electrons. The van der Waals surface area contributed by atoms with Crippen LogP contribution in [0.15, 0.2) is 29.2 Å². The highest BCUT2D eigenvalue weighted by Gasteiger charge is 2.39. The van der Waals surface area contributed by atoms with Crippen LogP contribution >= 0.6 is 0 Å². The van der Waals surface area contributed by atoms with Crippen LogP contribution in [0.25, 0.3) is 0 Å². The Bertz CT molecular complexity index is 373. The Labute approximate surface area is 93.6 Å². The lowest BCUT2D eigenvalue weighted by molar-refractivity contribution is -0.196. The molecular weight excluding hydrogens is 241 g/mol. The number of halogens is 3. The number of hydrogen-bond acceptors (Lipinski definition) is 2. The molecule has 0 amide bonds. The van der Waals surface area contributed by atoms with Gasteiger partial charge in [0, 0.05) is 4.90 Å². The fraction of sp³-hybridized carbons (Fsp3) is 0.400. The van der Waals surface area contributed by atoms with E-state index in [9.17, 15) is 17.4 Å². The van der Waals surface area contributed by atoms with Crippen LogP contribution in [-0.2, 0) is 10.8 Å². The zero-order valence-electron chi connectivity index (χ0n) is 8.49. The minimum atomic E-state index is -4.72. The number of rotatable bonds is 3. The number of aliphatic hydroxyl groups is 1. The van der Waals surface area contributed by atoms with Gasteiger partial charge in [-0.25, -0.2) is 0 Å². The predicted octanol–water partition coefficient (Wildman–Crippen LogP) is 2.03. The molecule has 1 rings (SSSR count). The second-order valence-electron chi connectivity index (χ2n) is 3.38. The van der Waals surface area contributed by atoms with E-state index in [1.54, 1.807) is 12.1 Å². The molecule has 0 aromatic heterocycles. The second kappa shape index (κ2) is 4.97. The first-order chi connectivity index (χ1) is 7.30. The van der Waals surface area contributed by atoms with Gasteiger partial charge in [-0.15, -0.1) is 0 Å². The van der Waals surface area contributed by atoms with Crippen LogP contribution in [0.4, 0.5) is 13.2 Å². The molecule has 0 aliphatic rings. The first-order valence-electron chi connectivity index (χ1n) is 4.50. The Morgan fingerprint density at radius 2 is 1.81 bits per heavy atom. The average Bonchev–Trinajstić information content (AvgIpc) is 2.17. The van der Waals surface area contributed by atoms with E-state index in [1.807, 2.05) is 6.92 Å². The zero-order chi connectivity index (χ0) is 12.3. The van der Waals surface area contributed by atoms with Crippen LogP contribution in [0.5, 0.6) is 0 Å². The number of aliphatic hydroxyl groups excluding tert-OH is 1. The molecule has 0 heterocycles. The molecule has 2 atom stereocenters. The lowest BCUT2D eigenvalue weighted by Gasteiger charge is -2.13. The van der Waals surface area contributed by atoms with E-state index < -0.39 is 28.8 Å². The molecule has 0 radical (unpaired) electrons. The maximum absolute atomic E-state index is 12.0. The van der Waals surface area contributed by atoms with Gasteiger partial charge < -0.3 is 5.11 Å². The number of benzene rings is 1. The third kappa shape index (κ3) is 3.61. The average molecular weight is 252 g/mol. The maximum Gasteiger partial charge on any atom is 0.415 e. The minimum absolute atomic E-state index is 0.286. The van der Waals surface area contributed by atoms with E-state index in [2.05, 4.69) is 0 Å². The SMILES string of the molecule is Cc1ccc([S@](=O)C[C@@H](O)C(F)(F)F)cc1. The fourth-order valence-corrected chi connectivity index (χ4v) is 2.13. The first kappa shape index (κ1) is 13.2. The lowest BCUT2D eigenvalue weighted by atomic mass is 10.2. The molecule has 16 heavy (non-hydrogen) atoms. The second-order valence-corrected chi connectivity index (χ2v) is 4.88. The van der Waals surface area contributed by atoms with E-state index in [0.29, 0.717) is 0 Å². The van der Waals surface area contributed by atoms with Crippen LogP contribution in [0.2, 0.25) is 0 Å². The van der Waals surface area contributed by atoms with Gasteiger partial charge in [0.1, 0.15) is 0 Å². The molecule has 0 saturated heterocycles. The van der Waals surface area contributed by atoms with E-state index in [4.69, 9.17) is 5.11 Å². The summed E-state index contributed by atoms with van der Waals surface area (Å²) in [6.45, 7) is 1.82. The predicted molar refractivity (Wildman–Crippen MR) is 54.5 cm³/mol. The standard InChI is InChI=1S/C10H11F3O2S/c1-7-2-4-8(5-3-7)16(15)6-9(14)10(11,12)13/h2-5,9,14H,6H2,1H3/t9-,16-/m1/s1. The van der Waals surface area contributed by atoms with Crippen molar-refractivity contribution in [3.8, 4) is 0 Å². The Hall–Kier alpha value is -0.880. The summed E-state index contributed by atoms with van der Waals surface area (Å²) in [5, 5.41) is 8.75. The van der Waals surface area contributed by atoms with Gasteiger partial charge in [0.2, 0.25) is 0 Å². The maximum atomic E-state index is 12.0. The highest BCUT2D eigenvalue weighted by Crippen LogP contribution is 2.22. The molecule has 0 aliphatic heterocycles. The summed E-state index contributed by atoms with van der Waals surface area (Å²) in [6, 6.07) is 6.31. The summed E-state index contributed by atoms with van der Waals surface area (Å²) in [5.41, 5.74) is 0.928. The summed E-state index contributed by atoms with van der Waals surface area (Å²) in [5.74, 6) is -0.827. The van der Waals surface area contributed by atoms with Crippen LogP contribution < -0.4 is 0 Å². The fourth-order valence-electron chi connectivity index (χ4n) is 1.02. The molecule has 0 aliphatic carbocycles. The van der Waals surface area contributed by atoms with Crippen LogP contribution in [0, 0.1) is 6.92 Å². The van der Waals surface area contributed by atoms with Gasteiger partial charge in [-0.05, 0) is 19.1 Å². The van der Waals surface area contributed by atoms with Gasteiger partial charge in [0.05, 0.1) is 16.6 Å². The molecular formula is C10H11F3O2S. The normalized spacial score (nSPS) is 15.8. The monoisotopic (exact) mass is 252 g/mol. The molecule has 0 saturated carbocycles. The number of hydrogen-bond donors (Lipinski definition) is 1.